The highest BCUT2D eigenvalue weighted by molar-refractivity contribution is 5.88. The van der Waals surface area contributed by atoms with E-state index in [0.717, 1.165) is 30.5 Å². The molecule has 1 aliphatic heterocycles. The monoisotopic (exact) mass is 559 g/mol. The van der Waals surface area contributed by atoms with Crippen molar-refractivity contribution in [1.82, 2.24) is 4.90 Å². The Kier molecular flexibility index (Phi) is 10.3. The highest BCUT2D eigenvalue weighted by Gasteiger charge is 2.19. The van der Waals surface area contributed by atoms with Crippen LogP contribution in [-0.4, -0.2) is 52.7 Å². The second-order valence-electron chi connectivity index (χ2n) is 10.2. The number of carboxylic acid groups (broad SMARTS) is 2. The number of nitrogens with zero attached hydrogens (tertiary/aromatic N) is 1. The van der Waals surface area contributed by atoms with Gasteiger partial charge in [-0.05, 0) is 91.6 Å². The van der Waals surface area contributed by atoms with E-state index in [1.807, 2.05) is 17.1 Å². The van der Waals surface area contributed by atoms with Gasteiger partial charge in [-0.25, -0.2) is 14.0 Å². The molecule has 3 aromatic carbocycles. The lowest BCUT2D eigenvalue weighted by Gasteiger charge is -2.16. The highest BCUT2D eigenvalue weighted by Crippen LogP contribution is 2.25. The number of carboxylic acids is 2. The van der Waals surface area contributed by atoms with Gasteiger partial charge in [-0.1, -0.05) is 36.4 Å². The van der Waals surface area contributed by atoms with Gasteiger partial charge in [0.15, 0.2) is 0 Å². The summed E-state index contributed by atoms with van der Waals surface area (Å²) in [6.07, 6.45) is 8.12. The molecule has 0 spiro atoms. The first kappa shape index (κ1) is 29.5. The topological polar surface area (TPSA) is 104 Å². The van der Waals surface area contributed by atoms with E-state index < -0.39 is 11.9 Å². The number of allylic oxidation sites excluding steroid dienone is 1. The standard InChI is InChI=1S/C33H34FNO6/c34-29-16-17-30(41-20-2-19-35-18-1-3-31(35)36)28(22-29)15-10-24(21-25-8-13-27(14-9-25)33(39)40)5-4-23-6-11-26(12-7-23)32(37)38/h6-17,22,24H,1-5,18-21H2,(H,37,38)(H,39,40). The molecule has 0 bridgehead atoms. The molecule has 41 heavy (non-hydrogen) atoms. The molecule has 7 nitrogen and oxygen atoms in total. The Morgan fingerprint density at radius 2 is 1.61 bits per heavy atom. The second-order valence-corrected chi connectivity index (χ2v) is 10.2. The van der Waals surface area contributed by atoms with Crippen molar-refractivity contribution in [2.24, 2.45) is 5.92 Å². The molecular weight excluding hydrogens is 525 g/mol. The third kappa shape index (κ3) is 8.76. The van der Waals surface area contributed by atoms with Crippen molar-refractivity contribution >= 4 is 23.9 Å². The van der Waals surface area contributed by atoms with Crippen molar-refractivity contribution in [1.29, 1.82) is 0 Å². The zero-order valence-electron chi connectivity index (χ0n) is 22.8. The molecule has 1 saturated heterocycles. The Hall–Kier alpha value is -4.46. The third-order valence-corrected chi connectivity index (χ3v) is 7.22. The summed E-state index contributed by atoms with van der Waals surface area (Å²) in [6.45, 7) is 1.83. The van der Waals surface area contributed by atoms with Crippen LogP contribution in [0, 0.1) is 11.7 Å². The minimum absolute atomic E-state index is 0.0297. The summed E-state index contributed by atoms with van der Waals surface area (Å²) in [5, 5.41) is 18.4. The van der Waals surface area contributed by atoms with E-state index in [2.05, 4.69) is 0 Å². The summed E-state index contributed by atoms with van der Waals surface area (Å²) in [5.41, 5.74) is 3.03. The van der Waals surface area contributed by atoms with E-state index >= 15 is 0 Å². The molecule has 214 valence electrons. The number of hydrogen-bond acceptors (Lipinski definition) is 4. The van der Waals surface area contributed by atoms with Crippen molar-refractivity contribution in [3.05, 3.63) is 106 Å². The molecule has 1 heterocycles. The molecule has 0 saturated carbocycles. The molecule has 0 aliphatic carbocycles. The van der Waals surface area contributed by atoms with Crippen molar-refractivity contribution in [3.8, 4) is 5.75 Å². The Balaban J connectivity index is 1.46. The summed E-state index contributed by atoms with van der Waals surface area (Å²) >= 11 is 0. The largest absolute Gasteiger partial charge is 0.493 e. The lowest BCUT2D eigenvalue weighted by molar-refractivity contribution is -0.127. The lowest BCUT2D eigenvalue weighted by atomic mass is 9.91. The minimum Gasteiger partial charge on any atom is -0.493 e. The van der Waals surface area contributed by atoms with E-state index in [4.69, 9.17) is 9.84 Å². The number of ether oxygens (including phenoxy) is 1. The molecule has 3 aromatic rings. The van der Waals surface area contributed by atoms with Crippen LogP contribution in [0.5, 0.6) is 5.75 Å². The van der Waals surface area contributed by atoms with Crippen LogP contribution in [-0.2, 0) is 17.6 Å². The normalized spacial score (nSPS) is 14.0. The second kappa shape index (κ2) is 14.3. The maximum Gasteiger partial charge on any atom is 0.335 e. The predicted molar refractivity (Wildman–Crippen MR) is 154 cm³/mol. The Morgan fingerprint density at radius 1 is 0.951 bits per heavy atom. The molecule has 2 N–H and O–H groups in total. The van der Waals surface area contributed by atoms with Crippen LogP contribution < -0.4 is 4.74 Å². The van der Waals surface area contributed by atoms with Crippen LogP contribution in [0.1, 0.15) is 63.1 Å². The molecule has 1 atom stereocenters. The Morgan fingerprint density at radius 3 is 2.22 bits per heavy atom. The average Bonchev–Trinajstić information content (AvgIpc) is 3.38. The number of carbonyl (C=O) groups is 3. The smallest absolute Gasteiger partial charge is 0.335 e. The summed E-state index contributed by atoms with van der Waals surface area (Å²) in [6, 6.07) is 17.9. The highest BCUT2D eigenvalue weighted by atomic mass is 19.1. The first-order valence-corrected chi connectivity index (χ1v) is 13.8. The fourth-order valence-corrected chi connectivity index (χ4v) is 4.92. The SMILES string of the molecule is O=C(O)c1ccc(CCC(C=Cc2cc(F)ccc2OCCCN2CCCC2=O)Cc2ccc(C(=O)O)cc2)cc1. The van der Waals surface area contributed by atoms with Crippen molar-refractivity contribution in [2.45, 2.75) is 38.5 Å². The number of aromatic carboxylic acids is 2. The Bertz CT molecular complexity index is 1380. The quantitative estimate of drug-likeness (QED) is 0.231. The number of likely N-dealkylation sites (tertiary alicyclic amines) is 1. The van der Waals surface area contributed by atoms with Crippen molar-refractivity contribution in [2.75, 3.05) is 19.7 Å². The van der Waals surface area contributed by atoms with Crippen LogP contribution >= 0.6 is 0 Å². The molecule has 1 fully saturated rings. The summed E-state index contributed by atoms with van der Waals surface area (Å²) in [4.78, 5) is 36.1. The molecule has 1 amide bonds. The number of rotatable bonds is 14. The fraction of sp³-hybridized carbons (Fsp3) is 0.303. The van der Waals surface area contributed by atoms with Gasteiger partial charge in [-0.15, -0.1) is 0 Å². The van der Waals surface area contributed by atoms with Crippen LogP contribution in [0.4, 0.5) is 4.39 Å². The maximum absolute atomic E-state index is 14.2. The molecule has 8 heteroatoms. The lowest BCUT2D eigenvalue weighted by Crippen LogP contribution is -2.26. The number of halogens is 1. The van der Waals surface area contributed by atoms with E-state index in [0.29, 0.717) is 50.1 Å². The number of hydrogen-bond donors (Lipinski definition) is 2. The van der Waals surface area contributed by atoms with Gasteiger partial charge >= 0.3 is 11.9 Å². The van der Waals surface area contributed by atoms with Crippen LogP contribution in [0.2, 0.25) is 0 Å². The fourth-order valence-electron chi connectivity index (χ4n) is 4.92. The van der Waals surface area contributed by atoms with Gasteiger partial charge in [-0.2, -0.15) is 0 Å². The molecule has 0 radical (unpaired) electrons. The molecule has 1 aliphatic rings. The van der Waals surface area contributed by atoms with E-state index in [-0.39, 0.29) is 28.8 Å². The van der Waals surface area contributed by atoms with E-state index in [1.54, 1.807) is 54.6 Å². The average molecular weight is 560 g/mol. The number of aryl methyl sites for hydroxylation is 1. The summed E-state index contributed by atoms with van der Waals surface area (Å²) < 4.78 is 20.2. The van der Waals surface area contributed by atoms with E-state index in [1.165, 1.54) is 12.1 Å². The van der Waals surface area contributed by atoms with Gasteiger partial charge in [-0.3, -0.25) is 4.79 Å². The van der Waals surface area contributed by atoms with Crippen molar-refractivity contribution in [3.63, 3.8) is 0 Å². The number of carbonyl (C=O) groups excluding carboxylic acids is 1. The summed E-state index contributed by atoms with van der Waals surface area (Å²) in [7, 11) is 0. The van der Waals surface area contributed by atoms with Gasteiger partial charge in [0.05, 0.1) is 17.7 Å². The summed E-state index contributed by atoms with van der Waals surface area (Å²) in [5.74, 6) is -1.56. The van der Waals surface area contributed by atoms with Gasteiger partial charge in [0.25, 0.3) is 0 Å². The number of benzene rings is 3. The van der Waals surface area contributed by atoms with Crippen LogP contribution in [0.3, 0.4) is 0 Å². The van der Waals surface area contributed by atoms with Gasteiger partial charge in [0, 0.05) is 25.1 Å². The first-order chi connectivity index (χ1) is 19.8. The predicted octanol–water partition coefficient (Wildman–Crippen LogP) is 6.12. The minimum atomic E-state index is -0.983. The molecule has 0 aromatic heterocycles. The van der Waals surface area contributed by atoms with Gasteiger partial charge < -0.3 is 19.8 Å². The molecular formula is C33H34FNO6. The van der Waals surface area contributed by atoms with E-state index in [9.17, 15) is 23.9 Å². The van der Waals surface area contributed by atoms with Crippen molar-refractivity contribution < 1.29 is 33.7 Å². The van der Waals surface area contributed by atoms with Gasteiger partial charge in [0.2, 0.25) is 5.91 Å². The zero-order valence-corrected chi connectivity index (χ0v) is 22.8. The van der Waals surface area contributed by atoms with Crippen LogP contribution in [0.15, 0.2) is 72.8 Å². The Labute approximate surface area is 238 Å². The van der Waals surface area contributed by atoms with Crippen LogP contribution in [0.25, 0.3) is 6.08 Å². The number of amides is 1. The molecule has 1 unspecified atom stereocenters. The first-order valence-electron chi connectivity index (χ1n) is 13.8. The molecule has 4 rings (SSSR count). The zero-order chi connectivity index (χ0) is 29.2. The van der Waals surface area contributed by atoms with Gasteiger partial charge in [0.1, 0.15) is 11.6 Å². The third-order valence-electron chi connectivity index (χ3n) is 7.22. The maximum atomic E-state index is 14.2.